The van der Waals surface area contributed by atoms with Crippen LogP contribution >= 0.6 is 0 Å². The Bertz CT molecular complexity index is 1920. The van der Waals surface area contributed by atoms with E-state index < -0.39 is 54.6 Å². The van der Waals surface area contributed by atoms with Gasteiger partial charge in [0.15, 0.2) is 12.3 Å². The van der Waals surface area contributed by atoms with E-state index in [9.17, 15) is 35.5 Å². The average Bonchev–Trinajstić information content (AvgIpc) is 3.32. The smallest absolute Gasteiger partial charge is 0.748 e. The van der Waals surface area contributed by atoms with Gasteiger partial charge in [-0.2, -0.15) is 4.58 Å². The molecular weight excluding hydrogens is 688 g/mol. The molecule has 2 aliphatic heterocycles. The van der Waals surface area contributed by atoms with Gasteiger partial charge in [-0.05, 0) is 55.8 Å². The molecular formula is C31H39KN6O8S2. The summed E-state index contributed by atoms with van der Waals surface area (Å²) in [5.74, 6) is -1.27. The summed E-state index contributed by atoms with van der Waals surface area (Å²) >= 11 is 0. The summed E-state index contributed by atoms with van der Waals surface area (Å²) in [7, 11) is -6.09. The van der Waals surface area contributed by atoms with Crippen molar-refractivity contribution in [3.8, 4) is 0 Å². The Hall–Kier alpha value is -2.61. The van der Waals surface area contributed by atoms with E-state index >= 15 is 0 Å². The summed E-state index contributed by atoms with van der Waals surface area (Å²) in [5.41, 5.74) is 4.00. The zero-order valence-electron chi connectivity index (χ0n) is 28.0. The first-order valence-corrected chi connectivity index (χ1v) is 17.9. The second-order valence-electron chi connectivity index (χ2n) is 12.2. The first-order valence-electron chi connectivity index (χ1n) is 14.7. The monoisotopic (exact) mass is 726 g/mol. The fraction of sp³-hybridized carbons (Fsp3) is 0.387. The number of amides is 4. The molecule has 254 valence electrons. The van der Waals surface area contributed by atoms with Crippen LogP contribution in [0.1, 0.15) is 38.8 Å². The fourth-order valence-electron chi connectivity index (χ4n) is 6.01. The molecule has 0 aromatic heterocycles. The summed E-state index contributed by atoms with van der Waals surface area (Å²) in [5, 5.41) is 10.5. The second kappa shape index (κ2) is 15.1. The number of carbonyl (C=O) groups excluding carboxylic acids is 2. The van der Waals surface area contributed by atoms with Gasteiger partial charge in [0.25, 0.3) is 0 Å². The standard InChI is InChI=1S/C31H40N6O8S2.K/c1-30(2)22-18-20(34-28(38)32-5)10-12-24(22)36(14-16-46(40,41)42)26(30)8-7-9-27-31(3,4)23-19-21(35-29(39)33-6)11-13-25(23)37(27)15-17-47(43,44)45;/h7-13,18-19H,14-17H2,1-6H3,(H5-,32,33,34,35,38,39,40,41,42,43,44,45);/q;+1/p-1. The van der Waals surface area contributed by atoms with Crippen LogP contribution < -0.4 is 77.6 Å². The quantitative estimate of drug-likeness (QED) is 0.147. The number of fused-ring (bicyclic) bond motifs is 2. The largest absolute Gasteiger partial charge is 1.00 e. The van der Waals surface area contributed by atoms with E-state index in [-0.39, 0.29) is 64.5 Å². The van der Waals surface area contributed by atoms with Gasteiger partial charge in [0.1, 0.15) is 10.1 Å². The minimum Gasteiger partial charge on any atom is -0.748 e. The third kappa shape index (κ3) is 8.94. The molecule has 0 aliphatic carbocycles. The van der Waals surface area contributed by atoms with Crippen molar-refractivity contribution in [1.82, 2.24) is 10.6 Å². The number of nitrogens with one attached hydrogen (secondary N) is 4. The van der Waals surface area contributed by atoms with Crippen molar-refractivity contribution in [2.24, 2.45) is 0 Å². The van der Waals surface area contributed by atoms with Crippen molar-refractivity contribution in [3.63, 3.8) is 0 Å². The molecule has 17 heteroatoms. The number of rotatable bonds is 10. The number of benzene rings is 2. The number of anilines is 3. The maximum absolute atomic E-state index is 12.0. The molecule has 2 aromatic rings. The van der Waals surface area contributed by atoms with Crippen molar-refractivity contribution in [2.75, 3.05) is 54.2 Å². The van der Waals surface area contributed by atoms with Gasteiger partial charge in [-0.1, -0.05) is 19.9 Å². The predicted molar refractivity (Wildman–Crippen MR) is 179 cm³/mol. The summed E-state index contributed by atoms with van der Waals surface area (Å²) in [6, 6.07) is 9.67. The van der Waals surface area contributed by atoms with Crippen LogP contribution in [0.4, 0.5) is 32.3 Å². The van der Waals surface area contributed by atoms with Gasteiger partial charge in [-0.25, -0.2) is 26.4 Å². The molecule has 0 bridgehead atoms. The third-order valence-electron chi connectivity index (χ3n) is 8.39. The van der Waals surface area contributed by atoms with Crippen LogP contribution in [0.2, 0.25) is 0 Å². The normalized spacial score (nSPS) is 17.2. The predicted octanol–water partition coefficient (Wildman–Crippen LogP) is -0.102. The zero-order chi connectivity index (χ0) is 34.9. The summed E-state index contributed by atoms with van der Waals surface area (Å²) in [4.78, 5) is 25.7. The van der Waals surface area contributed by atoms with Crippen molar-refractivity contribution in [3.05, 3.63) is 71.5 Å². The Balaban J connectivity index is 0.00000625. The molecule has 4 N–H and O–H groups in total. The van der Waals surface area contributed by atoms with Crippen LogP contribution in [0.25, 0.3) is 0 Å². The number of hydrogen-bond acceptors (Lipinski definition) is 9. The Labute approximate surface area is 324 Å². The SMILES string of the molecule is CNC(=O)Nc1ccc2c(c1)C(C)(C)C(C=C/C=C1/N(CCS(=O)(=O)[O-])c3ccc(NC(=O)NC)cc3C1(C)C)=[N+]2CCS(=O)(=O)[O-].[K+]. The van der Waals surface area contributed by atoms with Gasteiger partial charge in [-0.15, -0.1) is 0 Å². The molecule has 0 saturated heterocycles. The van der Waals surface area contributed by atoms with E-state index in [0.717, 1.165) is 11.1 Å². The maximum atomic E-state index is 12.0. The van der Waals surface area contributed by atoms with Crippen LogP contribution in [0.5, 0.6) is 0 Å². The van der Waals surface area contributed by atoms with E-state index in [1.807, 2.05) is 27.7 Å². The fourth-order valence-corrected chi connectivity index (χ4v) is 6.82. The van der Waals surface area contributed by atoms with Crippen molar-refractivity contribution in [2.45, 2.75) is 38.5 Å². The molecule has 48 heavy (non-hydrogen) atoms. The van der Waals surface area contributed by atoms with Gasteiger partial charge in [0.2, 0.25) is 5.69 Å². The van der Waals surface area contributed by atoms with Gasteiger partial charge in [0, 0.05) is 66.5 Å². The minimum absolute atomic E-state index is 0. The van der Waals surface area contributed by atoms with Crippen LogP contribution in [0, 0.1) is 0 Å². The topological polar surface area (TPSA) is 203 Å². The Morgan fingerprint density at radius 2 is 1.38 bits per heavy atom. The van der Waals surface area contributed by atoms with Crippen molar-refractivity contribution in [1.29, 1.82) is 0 Å². The summed E-state index contributed by atoms with van der Waals surface area (Å²) < 4.78 is 71.6. The van der Waals surface area contributed by atoms with Gasteiger partial charge < -0.3 is 35.3 Å². The first kappa shape index (κ1) is 39.8. The molecule has 0 atom stereocenters. The molecule has 0 unspecified atom stereocenters. The Kier molecular flexibility index (Phi) is 12.5. The van der Waals surface area contributed by atoms with Crippen LogP contribution in [0.15, 0.2) is 60.3 Å². The molecule has 0 saturated carbocycles. The molecule has 4 amide bonds. The minimum atomic E-state index is -4.54. The first-order chi connectivity index (χ1) is 21.8. The molecule has 0 fully saturated rings. The molecule has 2 aliphatic rings. The Morgan fingerprint density at radius 1 is 0.833 bits per heavy atom. The van der Waals surface area contributed by atoms with Gasteiger partial charge in [-0.3, -0.25) is 0 Å². The molecule has 2 heterocycles. The Morgan fingerprint density at radius 3 is 1.92 bits per heavy atom. The molecule has 4 rings (SSSR count). The van der Waals surface area contributed by atoms with Gasteiger partial charge in [0.05, 0.1) is 27.0 Å². The van der Waals surface area contributed by atoms with Gasteiger partial charge >= 0.3 is 63.4 Å². The zero-order valence-corrected chi connectivity index (χ0v) is 32.8. The average molecular weight is 727 g/mol. The molecule has 0 radical (unpaired) electrons. The molecule has 0 spiro atoms. The van der Waals surface area contributed by atoms with Crippen LogP contribution in [-0.4, -0.2) is 87.0 Å². The molecule has 14 nitrogen and oxygen atoms in total. The van der Waals surface area contributed by atoms with E-state index in [1.54, 1.807) is 64.1 Å². The van der Waals surface area contributed by atoms with Crippen LogP contribution in [0.3, 0.4) is 0 Å². The maximum Gasteiger partial charge on any atom is 1.00 e. The molecule has 2 aromatic carbocycles. The number of carbonyl (C=O) groups is 2. The van der Waals surface area contributed by atoms with E-state index in [4.69, 9.17) is 0 Å². The summed E-state index contributed by atoms with van der Waals surface area (Å²) in [6.45, 7) is 7.55. The number of nitrogens with zero attached hydrogens (tertiary/aromatic N) is 2. The van der Waals surface area contributed by atoms with E-state index in [0.29, 0.717) is 34.2 Å². The number of allylic oxidation sites excluding steroid dienone is 4. The summed E-state index contributed by atoms with van der Waals surface area (Å²) in [6.07, 6.45) is 5.36. The van der Waals surface area contributed by atoms with E-state index in [2.05, 4.69) is 21.3 Å². The number of hydrogen-bond donors (Lipinski definition) is 4. The van der Waals surface area contributed by atoms with E-state index in [1.165, 1.54) is 14.1 Å². The second-order valence-corrected chi connectivity index (χ2v) is 15.3. The van der Waals surface area contributed by atoms with Crippen LogP contribution in [-0.2, 0) is 31.1 Å². The number of urea groups is 2. The third-order valence-corrected chi connectivity index (χ3v) is 9.76. The van der Waals surface area contributed by atoms with Crippen molar-refractivity contribution >= 4 is 60.8 Å². The van der Waals surface area contributed by atoms with Crippen molar-refractivity contribution < 1.29 is 91.5 Å².